The zero-order valence-electron chi connectivity index (χ0n) is 11.9. The third kappa shape index (κ3) is 3.36. The van der Waals surface area contributed by atoms with Gasteiger partial charge in [0.25, 0.3) is 0 Å². The molecule has 1 heterocycles. The fraction of sp³-hybridized carbons (Fsp3) is 0.438. The molecular formula is C16H21N3. The Bertz CT molecular complexity index is 596. The quantitative estimate of drug-likeness (QED) is 0.851. The molecule has 1 aromatic carbocycles. The maximum Gasteiger partial charge on any atom is 0.0841 e. The Labute approximate surface area is 115 Å². The molecule has 2 rings (SSSR count). The van der Waals surface area contributed by atoms with Crippen molar-refractivity contribution in [3.63, 3.8) is 0 Å². The Balaban J connectivity index is 2.31. The first kappa shape index (κ1) is 13.6. The van der Waals surface area contributed by atoms with E-state index in [2.05, 4.69) is 55.3 Å². The van der Waals surface area contributed by atoms with E-state index in [0.29, 0.717) is 6.42 Å². The molecule has 0 atom stereocenters. The summed E-state index contributed by atoms with van der Waals surface area (Å²) in [6.07, 6.45) is 6.05. The number of benzene rings is 1. The molecule has 3 heteroatoms. The first-order chi connectivity index (χ1) is 9.01. The molecule has 1 aromatic heterocycles. The summed E-state index contributed by atoms with van der Waals surface area (Å²) in [7, 11) is 0. The van der Waals surface area contributed by atoms with Gasteiger partial charge in [-0.05, 0) is 26.8 Å². The molecule has 0 radical (unpaired) electrons. The largest absolute Gasteiger partial charge is 0.306 e. The van der Waals surface area contributed by atoms with Gasteiger partial charge in [0.2, 0.25) is 0 Å². The van der Waals surface area contributed by atoms with Crippen molar-refractivity contribution in [2.45, 2.75) is 45.8 Å². The van der Waals surface area contributed by atoms with Crippen LogP contribution >= 0.6 is 0 Å². The van der Waals surface area contributed by atoms with Gasteiger partial charge in [0, 0.05) is 23.9 Å². The molecule has 19 heavy (non-hydrogen) atoms. The normalized spacial score (nSPS) is 11.7. The van der Waals surface area contributed by atoms with Gasteiger partial charge >= 0.3 is 0 Å². The van der Waals surface area contributed by atoms with Crippen LogP contribution in [0.4, 0.5) is 0 Å². The van der Waals surface area contributed by atoms with E-state index in [1.54, 1.807) is 0 Å². The minimum atomic E-state index is 0.0870. The van der Waals surface area contributed by atoms with Gasteiger partial charge in [0.05, 0.1) is 17.8 Å². The topological polar surface area (TPSA) is 29.9 Å². The van der Waals surface area contributed by atoms with Crippen LogP contribution in [0.2, 0.25) is 0 Å². The zero-order valence-corrected chi connectivity index (χ0v) is 11.9. The number of aryl methyl sites for hydroxylation is 1. The van der Waals surface area contributed by atoms with Crippen LogP contribution in [0.15, 0.2) is 24.3 Å². The number of hydrogen-bond donors (Lipinski definition) is 1. The van der Waals surface area contributed by atoms with E-state index in [4.69, 9.17) is 6.42 Å². The van der Waals surface area contributed by atoms with Gasteiger partial charge in [-0.15, -0.1) is 12.3 Å². The molecule has 0 saturated carbocycles. The highest BCUT2D eigenvalue weighted by Crippen LogP contribution is 2.19. The maximum atomic E-state index is 5.34. The third-order valence-electron chi connectivity index (χ3n) is 2.99. The average molecular weight is 255 g/mol. The van der Waals surface area contributed by atoms with Crippen LogP contribution in [0.1, 0.15) is 32.9 Å². The van der Waals surface area contributed by atoms with E-state index >= 15 is 0 Å². The molecular weight excluding hydrogens is 234 g/mol. The van der Waals surface area contributed by atoms with Crippen molar-refractivity contribution in [3.8, 4) is 12.3 Å². The number of fused-ring (bicyclic) bond motifs is 1. The van der Waals surface area contributed by atoms with Crippen LogP contribution < -0.4 is 5.32 Å². The Hall–Kier alpha value is -1.79. The van der Waals surface area contributed by atoms with E-state index in [1.807, 2.05) is 10.7 Å². The Kier molecular flexibility index (Phi) is 3.92. The number of aromatic nitrogens is 2. The smallest absolute Gasteiger partial charge is 0.0841 e. The van der Waals surface area contributed by atoms with Gasteiger partial charge in [-0.3, -0.25) is 4.68 Å². The Morgan fingerprint density at radius 2 is 2.05 bits per heavy atom. The lowest BCUT2D eigenvalue weighted by molar-refractivity contribution is 0.420. The van der Waals surface area contributed by atoms with Crippen molar-refractivity contribution >= 4 is 10.9 Å². The van der Waals surface area contributed by atoms with Crippen molar-refractivity contribution < 1.29 is 0 Å². The van der Waals surface area contributed by atoms with E-state index in [9.17, 15) is 0 Å². The lowest BCUT2D eigenvalue weighted by Crippen LogP contribution is -2.35. The Morgan fingerprint density at radius 3 is 2.74 bits per heavy atom. The van der Waals surface area contributed by atoms with Gasteiger partial charge < -0.3 is 5.32 Å². The molecule has 0 spiro atoms. The fourth-order valence-electron chi connectivity index (χ4n) is 2.02. The Morgan fingerprint density at radius 1 is 1.32 bits per heavy atom. The van der Waals surface area contributed by atoms with Crippen LogP contribution in [0.5, 0.6) is 0 Å². The van der Waals surface area contributed by atoms with Gasteiger partial charge in [-0.25, -0.2) is 0 Å². The van der Waals surface area contributed by atoms with Gasteiger partial charge in [-0.2, -0.15) is 5.10 Å². The number of hydrogen-bond acceptors (Lipinski definition) is 2. The predicted molar refractivity (Wildman–Crippen MR) is 79.8 cm³/mol. The van der Waals surface area contributed by atoms with Crippen molar-refractivity contribution in [2.24, 2.45) is 0 Å². The zero-order chi connectivity index (χ0) is 13.9. The first-order valence-electron chi connectivity index (χ1n) is 6.64. The first-order valence-corrected chi connectivity index (χ1v) is 6.64. The van der Waals surface area contributed by atoms with Crippen LogP contribution in [0, 0.1) is 12.3 Å². The van der Waals surface area contributed by atoms with Gasteiger partial charge in [-0.1, -0.05) is 18.2 Å². The molecule has 0 saturated heterocycles. The third-order valence-corrected chi connectivity index (χ3v) is 2.99. The second-order valence-corrected chi connectivity index (χ2v) is 5.74. The SMILES string of the molecule is C#CCCn1nc(CNC(C)(C)C)c2ccccc21. The molecule has 3 nitrogen and oxygen atoms in total. The molecule has 0 fully saturated rings. The summed E-state index contributed by atoms with van der Waals surface area (Å²) in [5, 5.41) is 9.38. The summed E-state index contributed by atoms with van der Waals surface area (Å²) in [6.45, 7) is 8.01. The summed E-state index contributed by atoms with van der Waals surface area (Å²) in [5.74, 6) is 2.67. The highest BCUT2D eigenvalue weighted by atomic mass is 15.3. The summed E-state index contributed by atoms with van der Waals surface area (Å²) in [5.41, 5.74) is 2.33. The second-order valence-electron chi connectivity index (χ2n) is 5.74. The predicted octanol–water partition coefficient (Wildman–Crippen LogP) is 2.95. The van der Waals surface area contributed by atoms with E-state index in [-0.39, 0.29) is 5.54 Å². The molecule has 0 amide bonds. The molecule has 0 aliphatic carbocycles. The maximum absolute atomic E-state index is 5.34. The number of nitrogens with one attached hydrogen (secondary N) is 1. The fourth-order valence-corrected chi connectivity index (χ4v) is 2.02. The minimum absolute atomic E-state index is 0.0870. The van der Waals surface area contributed by atoms with Crippen LogP contribution in [-0.4, -0.2) is 15.3 Å². The molecule has 0 aliphatic rings. The van der Waals surface area contributed by atoms with Crippen molar-refractivity contribution in [1.29, 1.82) is 0 Å². The van der Waals surface area contributed by atoms with Crippen molar-refractivity contribution in [3.05, 3.63) is 30.0 Å². The summed E-state index contributed by atoms with van der Waals surface area (Å²) < 4.78 is 2.01. The molecule has 0 unspecified atom stereocenters. The van der Waals surface area contributed by atoms with Crippen molar-refractivity contribution in [2.75, 3.05) is 0 Å². The number of para-hydroxylation sites is 1. The molecule has 1 N–H and O–H groups in total. The van der Waals surface area contributed by atoms with Gasteiger partial charge in [0.1, 0.15) is 0 Å². The monoisotopic (exact) mass is 255 g/mol. The average Bonchev–Trinajstić information content (AvgIpc) is 2.72. The van der Waals surface area contributed by atoms with Crippen LogP contribution in [0.3, 0.4) is 0 Å². The van der Waals surface area contributed by atoms with Crippen molar-refractivity contribution in [1.82, 2.24) is 15.1 Å². The summed E-state index contributed by atoms with van der Waals surface area (Å²) >= 11 is 0. The number of nitrogens with zero attached hydrogens (tertiary/aromatic N) is 2. The number of terminal acetylenes is 1. The summed E-state index contributed by atoms with van der Waals surface area (Å²) in [4.78, 5) is 0. The van der Waals surface area contributed by atoms with E-state index < -0.39 is 0 Å². The summed E-state index contributed by atoms with van der Waals surface area (Å²) in [6, 6.07) is 8.31. The molecule has 0 aliphatic heterocycles. The van der Waals surface area contributed by atoms with Crippen LogP contribution in [-0.2, 0) is 13.1 Å². The highest BCUT2D eigenvalue weighted by Gasteiger charge is 2.13. The lowest BCUT2D eigenvalue weighted by Gasteiger charge is -2.19. The molecule has 2 aromatic rings. The molecule has 0 bridgehead atoms. The van der Waals surface area contributed by atoms with Gasteiger partial charge in [0.15, 0.2) is 0 Å². The highest BCUT2D eigenvalue weighted by molar-refractivity contribution is 5.81. The standard InChI is InChI=1S/C16H21N3/c1-5-6-11-19-15-10-8-7-9-13(15)14(18-19)12-17-16(2,3)4/h1,7-10,17H,6,11-12H2,2-4H3. The lowest BCUT2D eigenvalue weighted by atomic mass is 10.1. The second kappa shape index (κ2) is 5.46. The van der Waals surface area contributed by atoms with E-state index in [1.165, 1.54) is 5.39 Å². The number of rotatable bonds is 4. The van der Waals surface area contributed by atoms with E-state index in [0.717, 1.165) is 24.3 Å². The van der Waals surface area contributed by atoms with Crippen LogP contribution in [0.25, 0.3) is 10.9 Å². The molecule has 100 valence electrons. The minimum Gasteiger partial charge on any atom is -0.306 e.